The molecular formula is C30H32F6O2. The van der Waals surface area contributed by atoms with Crippen LogP contribution in [0.25, 0.3) is 0 Å². The van der Waals surface area contributed by atoms with E-state index in [2.05, 4.69) is 11.7 Å². The van der Waals surface area contributed by atoms with E-state index in [1.807, 2.05) is 6.92 Å². The summed E-state index contributed by atoms with van der Waals surface area (Å²) in [6.45, 7) is 4.07. The highest BCUT2D eigenvalue weighted by atomic mass is 19.3. The largest absolute Gasteiger partial charge is 0.429 e. The third-order valence-electron chi connectivity index (χ3n) is 6.20. The summed E-state index contributed by atoms with van der Waals surface area (Å²) in [6, 6.07) is 11.8. The molecule has 3 aromatic carbocycles. The number of ether oxygens (including phenoxy) is 2. The number of rotatable bonds is 14. The van der Waals surface area contributed by atoms with Crippen LogP contribution in [0.2, 0.25) is 0 Å². The first kappa shape index (κ1) is 29.4. The van der Waals surface area contributed by atoms with Crippen LogP contribution in [0, 0.1) is 11.6 Å². The number of aryl methyl sites for hydroxylation is 2. The van der Waals surface area contributed by atoms with E-state index < -0.39 is 40.7 Å². The van der Waals surface area contributed by atoms with Crippen LogP contribution in [0.3, 0.4) is 0 Å². The quantitative estimate of drug-likeness (QED) is 0.150. The second-order valence-electron chi connectivity index (χ2n) is 9.22. The van der Waals surface area contributed by atoms with E-state index in [0.29, 0.717) is 6.42 Å². The lowest BCUT2D eigenvalue weighted by molar-refractivity contribution is -0.188. The fourth-order valence-corrected chi connectivity index (χ4v) is 3.98. The van der Waals surface area contributed by atoms with Crippen LogP contribution in [0.4, 0.5) is 26.3 Å². The normalized spacial score (nSPS) is 12.0. The standard InChI is InChI=1S/C30H32F6O2/c1-3-5-7-8-10-22-13-20-26(28(32)27(22)31)30(35,36)38-25-18-14-23(15-19-25)29(33,34)37-24-16-11-21(12-17-24)9-6-4-2/h11-20H,3-10H2,1-2H3. The van der Waals surface area contributed by atoms with Crippen LogP contribution in [0.1, 0.15) is 74.6 Å². The van der Waals surface area contributed by atoms with Gasteiger partial charge in [0.05, 0.1) is 5.56 Å². The third kappa shape index (κ3) is 7.68. The molecule has 0 aliphatic carbocycles. The molecule has 0 N–H and O–H groups in total. The first-order valence-electron chi connectivity index (χ1n) is 12.9. The Labute approximate surface area is 219 Å². The molecule has 2 nitrogen and oxygen atoms in total. The van der Waals surface area contributed by atoms with Gasteiger partial charge in [-0.3, -0.25) is 0 Å². The van der Waals surface area contributed by atoms with Gasteiger partial charge in [0.15, 0.2) is 11.6 Å². The molecule has 0 aliphatic rings. The van der Waals surface area contributed by atoms with Crippen molar-refractivity contribution in [3.05, 3.63) is 94.6 Å². The smallest absolute Gasteiger partial charge is 0.429 e. The average molecular weight is 539 g/mol. The summed E-state index contributed by atoms with van der Waals surface area (Å²) in [5.41, 5.74) is -0.844. The van der Waals surface area contributed by atoms with Crippen LogP contribution in [0.5, 0.6) is 11.5 Å². The fourth-order valence-electron chi connectivity index (χ4n) is 3.98. The van der Waals surface area contributed by atoms with Crippen LogP contribution >= 0.6 is 0 Å². The highest BCUT2D eigenvalue weighted by molar-refractivity contribution is 5.34. The Morgan fingerprint density at radius 2 is 1.16 bits per heavy atom. The lowest BCUT2D eigenvalue weighted by atomic mass is 10.0. The van der Waals surface area contributed by atoms with Crippen molar-refractivity contribution in [2.24, 2.45) is 0 Å². The van der Waals surface area contributed by atoms with Gasteiger partial charge in [-0.25, -0.2) is 8.78 Å². The number of unbranched alkanes of at least 4 members (excludes halogenated alkanes) is 4. The van der Waals surface area contributed by atoms with Gasteiger partial charge in [-0.2, -0.15) is 17.6 Å². The summed E-state index contributed by atoms with van der Waals surface area (Å²) in [5.74, 6) is -3.58. The van der Waals surface area contributed by atoms with E-state index in [9.17, 15) is 26.3 Å². The van der Waals surface area contributed by atoms with Gasteiger partial charge < -0.3 is 9.47 Å². The van der Waals surface area contributed by atoms with Crippen molar-refractivity contribution >= 4 is 0 Å². The van der Waals surface area contributed by atoms with Gasteiger partial charge in [0.1, 0.15) is 17.1 Å². The molecule has 8 heteroatoms. The lowest BCUT2D eigenvalue weighted by Gasteiger charge is -2.21. The van der Waals surface area contributed by atoms with E-state index in [0.717, 1.165) is 80.5 Å². The molecule has 3 aromatic rings. The SMILES string of the molecule is CCCCCCc1ccc(C(F)(F)Oc2ccc(C(F)(F)Oc3ccc(CCCC)cc3)cc2)c(F)c1F. The summed E-state index contributed by atoms with van der Waals surface area (Å²) in [5, 5.41) is 0. The molecule has 38 heavy (non-hydrogen) atoms. The first-order chi connectivity index (χ1) is 18.1. The summed E-state index contributed by atoms with van der Waals surface area (Å²) >= 11 is 0. The number of hydrogen-bond acceptors (Lipinski definition) is 2. The van der Waals surface area contributed by atoms with Crippen molar-refractivity contribution in [1.82, 2.24) is 0 Å². The van der Waals surface area contributed by atoms with Gasteiger partial charge in [-0.1, -0.05) is 57.7 Å². The van der Waals surface area contributed by atoms with Crippen molar-refractivity contribution in [2.45, 2.75) is 77.4 Å². The zero-order chi connectivity index (χ0) is 27.8. The summed E-state index contributed by atoms with van der Waals surface area (Å²) in [6.07, 6.45) is -1.56. The van der Waals surface area contributed by atoms with Gasteiger partial charge in [-0.05, 0) is 79.3 Å². The molecule has 0 fully saturated rings. The van der Waals surface area contributed by atoms with Crippen molar-refractivity contribution in [2.75, 3.05) is 0 Å². The Bertz CT molecular complexity index is 1160. The minimum Gasteiger partial charge on any atom is -0.429 e. The number of halogens is 6. The van der Waals surface area contributed by atoms with Crippen molar-refractivity contribution < 1.29 is 35.8 Å². The maximum atomic E-state index is 14.7. The fraction of sp³-hybridized carbons (Fsp3) is 0.400. The van der Waals surface area contributed by atoms with Crippen LogP contribution in [-0.4, -0.2) is 0 Å². The topological polar surface area (TPSA) is 18.5 Å². The average Bonchev–Trinajstić information content (AvgIpc) is 2.88. The Balaban J connectivity index is 1.67. The Morgan fingerprint density at radius 3 is 1.76 bits per heavy atom. The number of alkyl halides is 4. The lowest BCUT2D eigenvalue weighted by Crippen LogP contribution is -2.25. The second-order valence-corrected chi connectivity index (χ2v) is 9.22. The van der Waals surface area contributed by atoms with Gasteiger partial charge in [-0.15, -0.1) is 0 Å². The van der Waals surface area contributed by atoms with Crippen molar-refractivity contribution in [3.63, 3.8) is 0 Å². The van der Waals surface area contributed by atoms with E-state index in [-0.39, 0.29) is 17.7 Å². The molecule has 0 aliphatic heterocycles. The van der Waals surface area contributed by atoms with Gasteiger partial charge >= 0.3 is 12.2 Å². The molecule has 0 aromatic heterocycles. The predicted octanol–water partition coefficient (Wildman–Crippen LogP) is 9.69. The van der Waals surface area contributed by atoms with Gasteiger partial charge in [0, 0.05) is 0 Å². The highest BCUT2D eigenvalue weighted by Crippen LogP contribution is 2.37. The molecule has 3 rings (SSSR count). The van der Waals surface area contributed by atoms with Crippen molar-refractivity contribution in [3.8, 4) is 11.5 Å². The Hall–Kier alpha value is -3.16. The van der Waals surface area contributed by atoms with E-state index in [4.69, 9.17) is 4.74 Å². The minimum atomic E-state index is -4.23. The summed E-state index contributed by atoms with van der Waals surface area (Å²) in [7, 11) is 0. The Morgan fingerprint density at radius 1 is 0.579 bits per heavy atom. The van der Waals surface area contributed by atoms with Gasteiger partial charge in [0.25, 0.3) is 0 Å². The maximum absolute atomic E-state index is 14.7. The zero-order valence-corrected chi connectivity index (χ0v) is 21.5. The molecule has 0 heterocycles. The van der Waals surface area contributed by atoms with E-state index in [1.165, 1.54) is 12.1 Å². The molecule has 0 spiro atoms. The minimum absolute atomic E-state index is 0.0142. The molecule has 0 unspecified atom stereocenters. The van der Waals surface area contributed by atoms with Gasteiger partial charge in [0.2, 0.25) is 0 Å². The highest BCUT2D eigenvalue weighted by Gasteiger charge is 2.40. The predicted molar refractivity (Wildman–Crippen MR) is 135 cm³/mol. The monoisotopic (exact) mass is 538 g/mol. The summed E-state index contributed by atoms with van der Waals surface area (Å²) in [4.78, 5) is 0. The third-order valence-corrected chi connectivity index (χ3v) is 6.20. The summed E-state index contributed by atoms with van der Waals surface area (Å²) < 4.78 is 97.0. The second kappa shape index (κ2) is 13.1. The van der Waals surface area contributed by atoms with Crippen LogP contribution in [-0.2, 0) is 25.1 Å². The molecule has 206 valence electrons. The number of benzene rings is 3. The van der Waals surface area contributed by atoms with Crippen molar-refractivity contribution in [1.29, 1.82) is 0 Å². The first-order valence-corrected chi connectivity index (χ1v) is 12.9. The number of hydrogen-bond donors (Lipinski definition) is 0. The van der Waals surface area contributed by atoms with E-state index >= 15 is 0 Å². The van der Waals surface area contributed by atoms with Crippen LogP contribution in [0.15, 0.2) is 60.7 Å². The molecule has 0 bridgehead atoms. The van der Waals surface area contributed by atoms with Crippen LogP contribution < -0.4 is 9.47 Å². The molecule has 0 saturated heterocycles. The zero-order valence-electron chi connectivity index (χ0n) is 21.5. The maximum Gasteiger partial charge on any atom is 0.429 e. The Kier molecular flexibility index (Phi) is 10.1. The molecule has 0 atom stereocenters. The molecule has 0 saturated carbocycles. The molecular weight excluding hydrogens is 506 g/mol. The molecule has 0 amide bonds. The van der Waals surface area contributed by atoms with E-state index in [1.54, 1.807) is 12.1 Å². The molecule has 0 radical (unpaired) electrons.